The van der Waals surface area contributed by atoms with E-state index in [2.05, 4.69) is 16.4 Å². The molecule has 6 heteroatoms. The van der Waals surface area contributed by atoms with Gasteiger partial charge in [-0.25, -0.2) is 0 Å². The van der Waals surface area contributed by atoms with Crippen LogP contribution in [0, 0.1) is 36.0 Å². The van der Waals surface area contributed by atoms with Crippen LogP contribution in [0.3, 0.4) is 0 Å². The zero-order chi connectivity index (χ0) is 18.5. The minimum atomic E-state index is -0.0948. The summed E-state index contributed by atoms with van der Waals surface area (Å²) in [6.45, 7) is 4.74. The number of amides is 1. The fraction of sp³-hybridized carbons (Fsp3) is 0.650. The number of carbonyl (C=O) groups excluding carboxylic acids is 1. The second-order valence-corrected chi connectivity index (χ2v) is 7.58. The first-order valence-electron chi connectivity index (χ1n) is 9.52. The summed E-state index contributed by atoms with van der Waals surface area (Å²) in [5.74, 6) is 1.11. The van der Waals surface area contributed by atoms with Gasteiger partial charge in [0.2, 0.25) is 5.91 Å². The number of hydrogen-bond acceptors (Lipinski definition) is 5. The quantitative estimate of drug-likeness (QED) is 0.812. The lowest BCUT2D eigenvalue weighted by molar-refractivity contribution is -0.137. The normalized spacial score (nSPS) is 18.8. The highest BCUT2D eigenvalue weighted by atomic mass is 16.5. The second-order valence-electron chi connectivity index (χ2n) is 7.58. The number of anilines is 1. The van der Waals surface area contributed by atoms with Crippen LogP contribution in [0.2, 0.25) is 0 Å². The number of pyridine rings is 1. The van der Waals surface area contributed by atoms with E-state index >= 15 is 0 Å². The first-order valence-corrected chi connectivity index (χ1v) is 9.52. The number of aromatic nitrogens is 1. The van der Waals surface area contributed by atoms with Crippen LogP contribution in [0.1, 0.15) is 36.9 Å². The highest BCUT2D eigenvalue weighted by Gasteiger charge is 2.34. The first-order chi connectivity index (χ1) is 12.6. The lowest BCUT2D eigenvalue weighted by Gasteiger charge is -2.32. The van der Waals surface area contributed by atoms with E-state index < -0.39 is 0 Å². The average Bonchev–Trinajstić information content (AvgIpc) is 3.46. The number of aryl methyl sites for hydroxylation is 1. The molecule has 26 heavy (non-hydrogen) atoms. The Morgan fingerprint density at radius 1 is 1.42 bits per heavy atom. The third kappa shape index (κ3) is 4.73. The van der Waals surface area contributed by atoms with Crippen molar-refractivity contribution in [2.45, 2.75) is 32.6 Å². The van der Waals surface area contributed by atoms with Gasteiger partial charge in [0.05, 0.1) is 17.2 Å². The van der Waals surface area contributed by atoms with E-state index in [-0.39, 0.29) is 11.8 Å². The molecule has 3 rings (SSSR count). The molecule has 1 aromatic heterocycles. The van der Waals surface area contributed by atoms with Crippen molar-refractivity contribution in [3.63, 3.8) is 0 Å². The van der Waals surface area contributed by atoms with Gasteiger partial charge >= 0.3 is 0 Å². The van der Waals surface area contributed by atoms with Crippen LogP contribution in [-0.4, -0.2) is 49.1 Å². The largest absolute Gasteiger partial charge is 0.383 e. The van der Waals surface area contributed by atoms with Crippen LogP contribution in [-0.2, 0) is 9.53 Å². The first kappa shape index (κ1) is 18.7. The molecule has 0 bridgehead atoms. The number of ether oxygens (including phenoxy) is 1. The van der Waals surface area contributed by atoms with E-state index in [0.717, 1.165) is 44.0 Å². The Morgan fingerprint density at radius 3 is 2.81 bits per heavy atom. The number of carbonyl (C=O) groups is 1. The lowest BCUT2D eigenvalue weighted by atomic mass is 9.84. The topological polar surface area (TPSA) is 78.3 Å². The zero-order valence-corrected chi connectivity index (χ0v) is 15.7. The number of nitrogens with zero attached hydrogens (tertiary/aromatic N) is 3. The molecular formula is C20H28N4O2. The van der Waals surface area contributed by atoms with Crippen LogP contribution in [0.25, 0.3) is 0 Å². The summed E-state index contributed by atoms with van der Waals surface area (Å²) < 4.78 is 5.48. The number of nitriles is 1. The molecule has 1 amide bonds. The van der Waals surface area contributed by atoms with Gasteiger partial charge in [-0.3, -0.25) is 9.78 Å². The van der Waals surface area contributed by atoms with Crippen molar-refractivity contribution in [3.8, 4) is 6.07 Å². The van der Waals surface area contributed by atoms with Gasteiger partial charge < -0.3 is 15.0 Å². The van der Waals surface area contributed by atoms with Gasteiger partial charge in [0, 0.05) is 45.2 Å². The molecule has 1 aliphatic carbocycles. The minimum absolute atomic E-state index is 0.0948. The van der Waals surface area contributed by atoms with Crippen molar-refractivity contribution in [3.05, 3.63) is 23.5 Å². The number of nitrogens with one attached hydrogen (secondary N) is 1. The van der Waals surface area contributed by atoms with Gasteiger partial charge in [-0.1, -0.05) is 0 Å². The fourth-order valence-corrected chi connectivity index (χ4v) is 3.65. The van der Waals surface area contributed by atoms with Crippen LogP contribution in [0.4, 0.5) is 5.69 Å². The predicted molar refractivity (Wildman–Crippen MR) is 99.6 cm³/mol. The molecule has 2 aliphatic rings. The van der Waals surface area contributed by atoms with Crippen molar-refractivity contribution >= 4 is 11.6 Å². The Labute approximate surface area is 155 Å². The van der Waals surface area contributed by atoms with Crippen LogP contribution in [0.15, 0.2) is 12.3 Å². The lowest BCUT2D eigenvalue weighted by Crippen LogP contribution is -2.42. The van der Waals surface area contributed by atoms with E-state index in [4.69, 9.17) is 4.74 Å². The zero-order valence-electron chi connectivity index (χ0n) is 15.7. The summed E-state index contributed by atoms with van der Waals surface area (Å²) in [6, 6.07) is 4.05. The molecule has 1 N–H and O–H groups in total. The third-order valence-corrected chi connectivity index (χ3v) is 5.43. The Bertz CT molecular complexity index is 675. The summed E-state index contributed by atoms with van der Waals surface area (Å²) in [5, 5.41) is 12.7. The second kappa shape index (κ2) is 8.50. The maximum atomic E-state index is 13.1. The highest BCUT2D eigenvalue weighted by Crippen LogP contribution is 2.31. The number of hydrogen-bond donors (Lipinski definition) is 1. The predicted octanol–water partition coefficient (Wildman–Crippen LogP) is 2.58. The summed E-state index contributed by atoms with van der Waals surface area (Å²) in [5.41, 5.74) is 2.13. The maximum absolute atomic E-state index is 13.1. The molecule has 0 spiro atoms. The molecule has 1 saturated heterocycles. The maximum Gasteiger partial charge on any atom is 0.227 e. The van der Waals surface area contributed by atoms with Gasteiger partial charge in [0.15, 0.2) is 0 Å². The monoisotopic (exact) mass is 356 g/mol. The molecule has 2 fully saturated rings. The molecule has 0 radical (unpaired) electrons. The van der Waals surface area contributed by atoms with Gasteiger partial charge in [-0.05, 0) is 50.5 Å². The summed E-state index contributed by atoms with van der Waals surface area (Å²) in [6.07, 6.45) is 5.88. The van der Waals surface area contributed by atoms with E-state index in [1.165, 1.54) is 12.8 Å². The molecule has 2 heterocycles. The molecule has 1 saturated carbocycles. The van der Waals surface area contributed by atoms with Crippen molar-refractivity contribution in [1.82, 2.24) is 9.88 Å². The van der Waals surface area contributed by atoms with Crippen molar-refractivity contribution in [2.24, 2.45) is 17.8 Å². The molecule has 140 valence electrons. The van der Waals surface area contributed by atoms with Crippen LogP contribution >= 0.6 is 0 Å². The van der Waals surface area contributed by atoms with E-state index in [0.29, 0.717) is 23.9 Å². The minimum Gasteiger partial charge on any atom is -0.383 e. The van der Waals surface area contributed by atoms with Crippen LogP contribution < -0.4 is 5.32 Å². The highest BCUT2D eigenvalue weighted by molar-refractivity contribution is 5.79. The standard InChI is InChI=1S/C20H28N4O2/c1-14-9-19(17(10-21)11-22-14)23-12-18(16-5-7-26-8-6-16)20(25)24(2)13-15-3-4-15/h9,11,15-16,18H,3-8,12-13H2,1-2H3,(H,22,23). The molecule has 1 atom stereocenters. The van der Waals surface area contributed by atoms with Gasteiger partial charge in [0.25, 0.3) is 0 Å². The van der Waals surface area contributed by atoms with Crippen molar-refractivity contribution in [1.29, 1.82) is 5.26 Å². The SMILES string of the molecule is Cc1cc(NCC(C(=O)N(C)CC2CC2)C2CCOCC2)c(C#N)cn1. The molecule has 1 unspecified atom stereocenters. The Balaban J connectivity index is 1.71. The van der Waals surface area contributed by atoms with E-state index in [9.17, 15) is 10.1 Å². The molecule has 1 aromatic rings. The molecule has 0 aromatic carbocycles. The van der Waals surface area contributed by atoms with Crippen molar-refractivity contribution < 1.29 is 9.53 Å². The average molecular weight is 356 g/mol. The van der Waals surface area contributed by atoms with Gasteiger partial charge in [-0.15, -0.1) is 0 Å². The Kier molecular flexibility index (Phi) is 6.10. The van der Waals surface area contributed by atoms with Crippen molar-refractivity contribution in [2.75, 3.05) is 38.7 Å². The van der Waals surface area contributed by atoms with Gasteiger partial charge in [0.1, 0.15) is 6.07 Å². The Morgan fingerprint density at radius 2 is 2.15 bits per heavy atom. The van der Waals surface area contributed by atoms with Gasteiger partial charge in [-0.2, -0.15) is 5.26 Å². The van der Waals surface area contributed by atoms with Crippen LogP contribution in [0.5, 0.6) is 0 Å². The summed E-state index contributed by atoms with van der Waals surface area (Å²) in [7, 11) is 1.92. The smallest absolute Gasteiger partial charge is 0.227 e. The third-order valence-electron chi connectivity index (χ3n) is 5.43. The fourth-order valence-electron chi connectivity index (χ4n) is 3.65. The summed E-state index contributed by atoms with van der Waals surface area (Å²) >= 11 is 0. The molecule has 6 nitrogen and oxygen atoms in total. The Hall–Kier alpha value is -2.13. The number of rotatable bonds is 7. The van der Waals surface area contributed by atoms with E-state index in [1.807, 2.05) is 24.9 Å². The summed E-state index contributed by atoms with van der Waals surface area (Å²) in [4.78, 5) is 19.2. The molecule has 1 aliphatic heterocycles. The van der Waals surface area contributed by atoms with E-state index in [1.54, 1.807) is 6.20 Å². The molecular weight excluding hydrogens is 328 g/mol.